The molecular weight excluding hydrogens is 592 g/mol. The number of nitrogens with zero attached hydrogens (tertiary/aromatic N) is 5. The first-order chi connectivity index (χ1) is 19.3. The molecule has 2 aromatic carbocycles. The Bertz CT molecular complexity index is 1660. The van der Waals surface area contributed by atoms with E-state index in [1.807, 2.05) is 0 Å². The highest BCUT2D eigenvalue weighted by atomic mass is 35.5. The van der Waals surface area contributed by atoms with Gasteiger partial charge in [0.2, 0.25) is 0 Å². The Balaban J connectivity index is 1.59. The van der Waals surface area contributed by atoms with Gasteiger partial charge in [-0.05, 0) is 38.1 Å². The van der Waals surface area contributed by atoms with Crippen LogP contribution in [0, 0.1) is 12.7 Å². The number of rotatable bonds is 9. The Hall–Kier alpha value is -3.95. The van der Waals surface area contributed by atoms with Crippen LogP contribution >= 0.6 is 11.6 Å². The van der Waals surface area contributed by atoms with Crippen molar-refractivity contribution in [3.05, 3.63) is 88.1 Å². The number of alkyl halides is 3. The van der Waals surface area contributed by atoms with E-state index in [4.69, 9.17) is 15.8 Å². The number of amides is 1. The van der Waals surface area contributed by atoms with E-state index < -0.39 is 50.2 Å². The molecule has 2 aromatic heterocycles. The van der Waals surface area contributed by atoms with Crippen molar-refractivity contribution in [2.24, 2.45) is 0 Å². The number of aromatic nitrogens is 5. The zero-order valence-corrected chi connectivity index (χ0v) is 22.9. The lowest BCUT2D eigenvalue weighted by molar-refractivity contribution is -0.137. The van der Waals surface area contributed by atoms with Gasteiger partial charge in [-0.2, -0.15) is 21.6 Å². The summed E-state index contributed by atoms with van der Waals surface area (Å²) in [6, 6.07) is 7.98. The molecule has 4 rings (SSSR count). The van der Waals surface area contributed by atoms with Gasteiger partial charge >= 0.3 is 6.18 Å². The zero-order valence-electron chi connectivity index (χ0n) is 21.4. The number of carbonyl (C=O) groups excluding carboxylic acids is 1. The summed E-state index contributed by atoms with van der Waals surface area (Å²) in [6.45, 7) is 2.72. The summed E-state index contributed by atoms with van der Waals surface area (Å²) >= 11 is 5.88. The highest BCUT2D eigenvalue weighted by Gasteiger charge is 2.35. The first-order valence-electron chi connectivity index (χ1n) is 11.8. The molecule has 0 radical (unpaired) electrons. The largest absolute Gasteiger partial charge is 0.417 e. The van der Waals surface area contributed by atoms with E-state index in [2.05, 4.69) is 25.6 Å². The summed E-state index contributed by atoms with van der Waals surface area (Å²) in [5, 5.41) is 9.74. The predicted octanol–water partition coefficient (Wildman–Crippen LogP) is 4.75. The smallest absolute Gasteiger partial charge is 0.344 e. The van der Waals surface area contributed by atoms with Gasteiger partial charge in [-0.1, -0.05) is 40.6 Å². The lowest BCUT2D eigenvalue weighted by Crippen LogP contribution is -2.28. The molecule has 4 aromatic rings. The van der Waals surface area contributed by atoms with Gasteiger partial charge in [0.15, 0.2) is 11.6 Å². The Kier molecular flexibility index (Phi) is 8.70. The molecule has 2 heterocycles. The molecular formula is C25H21ClF4N6O4S. The van der Waals surface area contributed by atoms with Gasteiger partial charge < -0.3 is 5.32 Å². The summed E-state index contributed by atoms with van der Waals surface area (Å²) in [5.74, 6) is -1.73. The van der Waals surface area contributed by atoms with Crippen LogP contribution in [0.1, 0.15) is 40.1 Å². The topological polar surface area (TPSA) is 129 Å². The molecule has 1 N–H and O–H groups in total. The maximum atomic E-state index is 13.5. The quantitative estimate of drug-likeness (QED) is 0.212. The molecule has 0 aliphatic heterocycles. The normalized spacial score (nSPS) is 12.8. The van der Waals surface area contributed by atoms with Crippen molar-refractivity contribution in [3.8, 4) is 11.5 Å². The molecule has 16 heteroatoms. The Morgan fingerprint density at radius 3 is 2.41 bits per heavy atom. The van der Waals surface area contributed by atoms with Crippen LogP contribution in [-0.4, -0.2) is 45.9 Å². The SMILES string of the molecule is Cc1ccc(S(=O)(=O)OCCn2nnc([C@@H](C)NC(=O)c3cccc(C(F)(F)F)c3Cl)c2-c2ncc(F)cn2)cc1. The molecule has 0 bridgehead atoms. The number of benzene rings is 2. The van der Waals surface area contributed by atoms with Gasteiger partial charge in [-0.3, -0.25) is 8.98 Å². The average Bonchev–Trinajstić information content (AvgIpc) is 3.32. The van der Waals surface area contributed by atoms with Crippen LogP contribution in [-0.2, 0) is 27.0 Å². The first kappa shape index (κ1) is 30.0. The molecule has 0 unspecified atom stereocenters. The predicted molar refractivity (Wildman–Crippen MR) is 138 cm³/mol. The van der Waals surface area contributed by atoms with Crippen molar-refractivity contribution in [3.63, 3.8) is 0 Å². The number of aryl methyl sites for hydroxylation is 1. The van der Waals surface area contributed by atoms with Gasteiger partial charge in [0, 0.05) is 0 Å². The second-order valence-corrected chi connectivity index (χ2v) is 10.7. The molecule has 0 aliphatic carbocycles. The van der Waals surface area contributed by atoms with Gasteiger partial charge in [0.1, 0.15) is 11.4 Å². The Morgan fingerprint density at radius 1 is 1.12 bits per heavy atom. The van der Waals surface area contributed by atoms with E-state index in [1.165, 1.54) is 23.7 Å². The van der Waals surface area contributed by atoms with Crippen molar-refractivity contribution in [1.82, 2.24) is 30.3 Å². The molecule has 10 nitrogen and oxygen atoms in total. The molecule has 1 atom stereocenters. The minimum Gasteiger partial charge on any atom is -0.344 e. The molecule has 0 aliphatic rings. The molecule has 0 fully saturated rings. The number of hydrogen-bond acceptors (Lipinski definition) is 8. The number of hydrogen-bond donors (Lipinski definition) is 1. The lowest BCUT2D eigenvalue weighted by atomic mass is 10.1. The maximum absolute atomic E-state index is 13.5. The van der Waals surface area contributed by atoms with E-state index in [0.29, 0.717) is 0 Å². The third-order valence-corrected chi connectivity index (χ3v) is 7.48. The molecule has 1 amide bonds. The zero-order chi connectivity index (χ0) is 29.9. The monoisotopic (exact) mass is 612 g/mol. The van der Waals surface area contributed by atoms with Crippen LogP contribution in [0.25, 0.3) is 11.5 Å². The van der Waals surface area contributed by atoms with Gasteiger partial charge in [-0.25, -0.2) is 19.0 Å². The fraction of sp³-hybridized carbons (Fsp3) is 0.240. The van der Waals surface area contributed by atoms with E-state index in [1.54, 1.807) is 19.1 Å². The van der Waals surface area contributed by atoms with Crippen LogP contribution in [0.15, 0.2) is 59.8 Å². The fourth-order valence-corrected chi connectivity index (χ4v) is 4.93. The second kappa shape index (κ2) is 11.9. The number of nitrogens with one attached hydrogen (secondary N) is 1. The highest BCUT2D eigenvalue weighted by Crippen LogP contribution is 2.36. The van der Waals surface area contributed by atoms with E-state index in [-0.39, 0.29) is 35.3 Å². The van der Waals surface area contributed by atoms with E-state index >= 15 is 0 Å². The first-order valence-corrected chi connectivity index (χ1v) is 13.6. The lowest BCUT2D eigenvalue weighted by Gasteiger charge is -2.16. The minimum atomic E-state index is -4.77. The van der Waals surface area contributed by atoms with Gasteiger partial charge in [0.05, 0.1) is 52.6 Å². The van der Waals surface area contributed by atoms with Crippen molar-refractivity contribution in [2.45, 2.75) is 37.5 Å². The van der Waals surface area contributed by atoms with Crippen LogP contribution in [0.4, 0.5) is 17.6 Å². The molecule has 0 spiro atoms. The summed E-state index contributed by atoms with van der Waals surface area (Å²) < 4.78 is 84.7. The van der Waals surface area contributed by atoms with Crippen molar-refractivity contribution >= 4 is 27.6 Å². The summed E-state index contributed by atoms with van der Waals surface area (Å²) in [6.07, 6.45) is -3.01. The highest BCUT2D eigenvalue weighted by molar-refractivity contribution is 7.86. The standard InChI is InChI=1S/C25H21ClF4N6O4S/c1-14-6-8-17(9-7-14)41(38,39)40-11-10-36-22(23-31-12-16(27)13-32-23)21(34-35-36)15(2)33-24(37)18-4-3-5-19(20(18)26)25(28,29)30/h3-9,12-13,15H,10-11H2,1-2H3,(H,33,37)/t15-/m1/s1. The number of carbonyl (C=O) groups is 1. The molecule has 41 heavy (non-hydrogen) atoms. The third-order valence-electron chi connectivity index (χ3n) is 5.75. The minimum absolute atomic E-state index is 0.0472. The van der Waals surface area contributed by atoms with Crippen LogP contribution in [0.3, 0.4) is 0 Å². The van der Waals surface area contributed by atoms with Crippen LogP contribution in [0.5, 0.6) is 0 Å². The van der Waals surface area contributed by atoms with Gasteiger partial charge in [0.25, 0.3) is 16.0 Å². The Labute approximate surface area is 236 Å². The molecule has 0 saturated heterocycles. The maximum Gasteiger partial charge on any atom is 0.417 e. The van der Waals surface area contributed by atoms with E-state index in [0.717, 1.165) is 36.2 Å². The van der Waals surface area contributed by atoms with Crippen molar-refractivity contribution in [2.75, 3.05) is 6.61 Å². The molecule has 216 valence electrons. The van der Waals surface area contributed by atoms with Gasteiger partial charge in [-0.15, -0.1) is 5.10 Å². The summed E-state index contributed by atoms with van der Waals surface area (Å²) in [5.41, 5.74) is -0.584. The fourth-order valence-electron chi connectivity index (χ4n) is 3.71. The number of halogens is 5. The molecule has 0 saturated carbocycles. The Morgan fingerprint density at radius 2 is 1.78 bits per heavy atom. The van der Waals surface area contributed by atoms with Crippen molar-refractivity contribution in [1.29, 1.82) is 0 Å². The van der Waals surface area contributed by atoms with Crippen molar-refractivity contribution < 1.29 is 35.0 Å². The van der Waals surface area contributed by atoms with Crippen LogP contribution in [0.2, 0.25) is 5.02 Å². The third kappa shape index (κ3) is 6.86. The summed E-state index contributed by atoms with van der Waals surface area (Å²) in [4.78, 5) is 20.7. The average molecular weight is 613 g/mol. The van der Waals surface area contributed by atoms with Crippen LogP contribution < -0.4 is 5.32 Å². The second-order valence-electron chi connectivity index (χ2n) is 8.72. The summed E-state index contributed by atoms with van der Waals surface area (Å²) in [7, 11) is -4.10. The van der Waals surface area contributed by atoms with E-state index in [9.17, 15) is 30.8 Å².